The van der Waals surface area contributed by atoms with Gasteiger partial charge >= 0.3 is 0 Å². The zero-order valence-corrected chi connectivity index (χ0v) is 18.9. The molecule has 1 aromatic heterocycles. The number of aromatic nitrogens is 1. The molecule has 0 fully saturated rings. The van der Waals surface area contributed by atoms with E-state index < -0.39 is 0 Å². The first kappa shape index (κ1) is 18.8. The molecule has 0 saturated carbocycles. The van der Waals surface area contributed by atoms with Gasteiger partial charge in [-0.15, -0.1) is 0 Å². The van der Waals surface area contributed by atoms with E-state index in [9.17, 15) is 0 Å². The van der Waals surface area contributed by atoms with Gasteiger partial charge in [0.2, 0.25) is 0 Å². The number of allylic oxidation sites excluding steroid dienone is 3. The maximum absolute atomic E-state index is 6.27. The molecule has 2 N–H and O–H groups in total. The van der Waals surface area contributed by atoms with Crippen molar-refractivity contribution in [2.45, 2.75) is 25.2 Å². The molecule has 33 heavy (non-hydrogen) atoms. The summed E-state index contributed by atoms with van der Waals surface area (Å²) in [5, 5.41) is 5.26. The second-order valence-corrected chi connectivity index (χ2v) is 10.1. The summed E-state index contributed by atoms with van der Waals surface area (Å²) in [4.78, 5) is 0. The summed E-state index contributed by atoms with van der Waals surface area (Å²) in [6.45, 7) is 4.79. The van der Waals surface area contributed by atoms with E-state index >= 15 is 0 Å². The third-order valence-electron chi connectivity index (χ3n) is 7.96. The molecule has 0 amide bonds. The fraction of sp³-hybridized carbons (Fsp3) is 0.161. The lowest BCUT2D eigenvalue weighted by Crippen LogP contribution is -2.26. The first-order valence-corrected chi connectivity index (χ1v) is 11.8. The first-order chi connectivity index (χ1) is 16.1. The van der Waals surface area contributed by atoms with Crippen molar-refractivity contribution in [3.05, 3.63) is 114 Å². The van der Waals surface area contributed by atoms with Gasteiger partial charge in [0.05, 0.1) is 11.0 Å². The van der Waals surface area contributed by atoms with Crippen LogP contribution in [0, 0.1) is 5.92 Å². The molecule has 160 valence electrons. The molecule has 0 bridgehead atoms. The number of hydrogen-bond acceptors (Lipinski definition) is 1. The summed E-state index contributed by atoms with van der Waals surface area (Å²) in [5.74, 6) is 0.729. The minimum Gasteiger partial charge on any atom is -0.399 e. The predicted molar refractivity (Wildman–Crippen MR) is 139 cm³/mol. The Morgan fingerprint density at radius 2 is 1.61 bits per heavy atom. The van der Waals surface area contributed by atoms with Gasteiger partial charge in [0.1, 0.15) is 0 Å². The molecule has 5 aromatic rings. The van der Waals surface area contributed by atoms with Crippen molar-refractivity contribution in [1.82, 2.24) is 4.57 Å². The fourth-order valence-electron chi connectivity index (χ4n) is 6.51. The molecule has 2 unspecified atom stereocenters. The maximum atomic E-state index is 6.27. The van der Waals surface area contributed by atoms with Crippen LogP contribution >= 0.6 is 0 Å². The summed E-state index contributed by atoms with van der Waals surface area (Å²) < 4.78 is 2.49. The van der Waals surface area contributed by atoms with Crippen molar-refractivity contribution >= 4 is 32.6 Å². The maximum Gasteiger partial charge on any atom is 0.0581 e. The van der Waals surface area contributed by atoms with Crippen LogP contribution in [0.1, 0.15) is 30.9 Å². The lowest BCUT2D eigenvalue weighted by Gasteiger charge is -2.30. The molecule has 2 aliphatic carbocycles. The molecular weight excluding hydrogens is 400 g/mol. The van der Waals surface area contributed by atoms with Crippen molar-refractivity contribution in [3.8, 4) is 5.69 Å². The highest BCUT2D eigenvalue weighted by molar-refractivity contribution is 6.22. The number of nitrogens with zero attached hydrogens (tertiary/aromatic N) is 1. The van der Waals surface area contributed by atoms with Gasteiger partial charge in [-0.25, -0.2) is 0 Å². The smallest absolute Gasteiger partial charge is 0.0581 e. The quantitative estimate of drug-likeness (QED) is 0.299. The Kier molecular flexibility index (Phi) is 3.63. The van der Waals surface area contributed by atoms with Crippen LogP contribution in [-0.4, -0.2) is 4.57 Å². The number of benzene rings is 4. The molecule has 4 aromatic carbocycles. The summed E-state index contributed by atoms with van der Waals surface area (Å²) in [7, 11) is 0. The lowest BCUT2D eigenvalue weighted by atomic mass is 9.74. The van der Waals surface area contributed by atoms with E-state index in [1.165, 1.54) is 49.4 Å². The van der Waals surface area contributed by atoms with Crippen LogP contribution in [0.3, 0.4) is 0 Å². The molecule has 2 aliphatic rings. The Balaban J connectivity index is 1.71. The van der Waals surface area contributed by atoms with Crippen LogP contribution in [0.25, 0.3) is 38.3 Å². The van der Waals surface area contributed by atoms with Gasteiger partial charge in [-0.05, 0) is 57.5 Å². The molecule has 2 atom stereocenters. The molecule has 7 rings (SSSR count). The third kappa shape index (κ3) is 2.38. The second-order valence-electron chi connectivity index (χ2n) is 10.1. The second kappa shape index (κ2) is 6.39. The average molecular weight is 427 g/mol. The highest BCUT2D eigenvalue weighted by Crippen LogP contribution is 2.56. The third-order valence-corrected chi connectivity index (χ3v) is 7.96. The summed E-state index contributed by atoms with van der Waals surface area (Å²) >= 11 is 0. The van der Waals surface area contributed by atoms with Crippen molar-refractivity contribution in [1.29, 1.82) is 0 Å². The van der Waals surface area contributed by atoms with E-state index in [0.29, 0.717) is 11.8 Å². The first-order valence-electron chi connectivity index (χ1n) is 11.8. The van der Waals surface area contributed by atoms with Gasteiger partial charge in [0.25, 0.3) is 0 Å². The largest absolute Gasteiger partial charge is 0.399 e. The van der Waals surface area contributed by atoms with Gasteiger partial charge in [0, 0.05) is 28.1 Å². The van der Waals surface area contributed by atoms with E-state index in [2.05, 4.69) is 116 Å². The monoisotopic (exact) mass is 426 g/mol. The van der Waals surface area contributed by atoms with Crippen LogP contribution in [-0.2, 0) is 5.41 Å². The number of fused-ring (bicyclic) bond motifs is 9. The number of nitrogens with two attached hydrogens (primary N) is 1. The highest BCUT2D eigenvalue weighted by atomic mass is 15.0. The van der Waals surface area contributed by atoms with E-state index in [1.807, 2.05) is 0 Å². The van der Waals surface area contributed by atoms with Crippen molar-refractivity contribution in [2.24, 2.45) is 11.7 Å². The molecule has 2 nitrogen and oxygen atoms in total. The molecule has 0 spiro atoms. The molecular formula is C31H26N2. The van der Waals surface area contributed by atoms with Gasteiger partial charge < -0.3 is 10.3 Å². The van der Waals surface area contributed by atoms with Gasteiger partial charge in [-0.1, -0.05) is 86.7 Å². The zero-order valence-electron chi connectivity index (χ0n) is 18.9. The standard InChI is InChI=1S/C31H26N2/c1-31(2)26-18-20(32)13-14-23(26)24-15-16-25-28-22-11-7-6-8-19(22)12-17-27(28)33(30(25)29(24)31)21-9-4-3-5-10-21/h3-18,23,26H,32H2,1-2H3. The van der Waals surface area contributed by atoms with Crippen LogP contribution in [0.4, 0.5) is 0 Å². The fourth-order valence-corrected chi connectivity index (χ4v) is 6.51. The van der Waals surface area contributed by atoms with E-state index in [4.69, 9.17) is 5.73 Å². The van der Waals surface area contributed by atoms with Crippen molar-refractivity contribution in [3.63, 3.8) is 0 Å². The predicted octanol–water partition coefficient (Wildman–Crippen LogP) is 7.34. The Bertz CT molecular complexity index is 1650. The van der Waals surface area contributed by atoms with Crippen LogP contribution < -0.4 is 5.73 Å². The summed E-state index contributed by atoms with van der Waals surface area (Å²) in [6, 6.07) is 28.8. The van der Waals surface area contributed by atoms with Gasteiger partial charge in [-0.2, -0.15) is 0 Å². The Labute approximate surface area is 193 Å². The zero-order chi connectivity index (χ0) is 22.3. The SMILES string of the molecule is CC1(C)c2c(ccc3c4c5ccccc5ccc4n(-c4ccccc4)c23)C2C=CC(N)=CC21. The van der Waals surface area contributed by atoms with Crippen molar-refractivity contribution < 1.29 is 0 Å². The number of para-hydroxylation sites is 1. The van der Waals surface area contributed by atoms with Crippen molar-refractivity contribution in [2.75, 3.05) is 0 Å². The topological polar surface area (TPSA) is 30.9 Å². The average Bonchev–Trinajstić information content (AvgIpc) is 3.29. The van der Waals surface area contributed by atoms with E-state index in [0.717, 1.165) is 5.70 Å². The normalized spacial score (nSPS) is 20.8. The molecule has 2 heteroatoms. The Morgan fingerprint density at radius 3 is 2.45 bits per heavy atom. The van der Waals surface area contributed by atoms with Crippen LogP contribution in [0.5, 0.6) is 0 Å². The minimum atomic E-state index is -0.0361. The van der Waals surface area contributed by atoms with Crippen LogP contribution in [0.15, 0.2) is 103 Å². The minimum absolute atomic E-state index is 0.0361. The summed E-state index contributed by atoms with van der Waals surface area (Å²) in [6.07, 6.45) is 6.67. The Hall–Kier alpha value is -3.78. The molecule has 1 heterocycles. The van der Waals surface area contributed by atoms with Gasteiger partial charge in [-0.3, -0.25) is 0 Å². The van der Waals surface area contributed by atoms with Crippen LogP contribution in [0.2, 0.25) is 0 Å². The lowest BCUT2D eigenvalue weighted by molar-refractivity contribution is 0.393. The van der Waals surface area contributed by atoms with E-state index in [-0.39, 0.29) is 5.41 Å². The van der Waals surface area contributed by atoms with E-state index in [1.54, 1.807) is 0 Å². The number of hydrogen-bond donors (Lipinski definition) is 1. The number of rotatable bonds is 1. The molecule has 0 aliphatic heterocycles. The molecule has 0 radical (unpaired) electrons. The summed E-state index contributed by atoms with van der Waals surface area (Å²) in [5.41, 5.74) is 13.8. The molecule has 0 saturated heterocycles. The highest BCUT2D eigenvalue weighted by Gasteiger charge is 2.47. The van der Waals surface area contributed by atoms with Gasteiger partial charge in [0.15, 0.2) is 0 Å². The Morgan fingerprint density at radius 1 is 0.818 bits per heavy atom.